The summed E-state index contributed by atoms with van der Waals surface area (Å²) in [6, 6.07) is 0. The fourth-order valence-electron chi connectivity index (χ4n) is 2.20. The van der Waals surface area contributed by atoms with Crippen LogP contribution in [0.2, 0.25) is 0 Å². The minimum atomic E-state index is -2.70. The second kappa shape index (κ2) is 14.7. The molecule has 0 saturated heterocycles. The van der Waals surface area contributed by atoms with Crippen molar-refractivity contribution in [3.63, 3.8) is 0 Å². The van der Waals surface area contributed by atoms with Crippen molar-refractivity contribution in [2.24, 2.45) is 0 Å². The van der Waals surface area contributed by atoms with Crippen LogP contribution in [0.25, 0.3) is 0 Å². The van der Waals surface area contributed by atoms with Gasteiger partial charge in [-0.3, -0.25) is 0 Å². The Morgan fingerprint density at radius 3 is 1.85 bits per heavy atom. The summed E-state index contributed by atoms with van der Waals surface area (Å²) in [5.41, 5.74) is 0. The Balaban J connectivity index is 4.41. The third-order valence-corrected chi connectivity index (χ3v) is 7.92. The molecule has 0 aliphatic heterocycles. The first-order valence-electron chi connectivity index (χ1n) is 9.39. The molecule has 0 radical (unpaired) electrons. The van der Waals surface area contributed by atoms with Gasteiger partial charge in [0.15, 0.2) is 0 Å². The van der Waals surface area contributed by atoms with Crippen molar-refractivity contribution in [1.82, 2.24) is 0 Å². The summed E-state index contributed by atoms with van der Waals surface area (Å²) >= 11 is 0. The van der Waals surface area contributed by atoms with E-state index in [0.29, 0.717) is 65.6 Å². The van der Waals surface area contributed by atoms with Gasteiger partial charge in [0.25, 0.3) is 0 Å². The van der Waals surface area contributed by atoms with E-state index in [1.165, 1.54) is 0 Å². The fraction of sp³-hybridized carbons (Fsp3) is 0.944. The molecule has 0 N–H and O–H groups in total. The zero-order valence-electron chi connectivity index (χ0n) is 17.3. The molecule has 7 nitrogen and oxygen atoms in total. The maximum absolute atomic E-state index is 12.3. The maximum atomic E-state index is 12.3. The molecule has 0 atom stereocenters. The van der Waals surface area contributed by atoms with Crippen LogP contribution >= 0.6 is 6.83 Å². The molecule has 8 heteroatoms. The van der Waals surface area contributed by atoms with Gasteiger partial charge in [-0.25, -0.2) is 0 Å². The Labute approximate surface area is 159 Å². The Hall–Kier alpha value is -0.300. The molecule has 0 unspecified atom stereocenters. The van der Waals surface area contributed by atoms with E-state index in [2.05, 4.69) is 13.3 Å². The van der Waals surface area contributed by atoms with Crippen LogP contribution in [-0.4, -0.2) is 98.2 Å². The van der Waals surface area contributed by atoms with Crippen LogP contribution in [0.15, 0.2) is 0 Å². The van der Waals surface area contributed by atoms with Gasteiger partial charge in [-0.15, -0.1) is 0 Å². The third kappa shape index (κ3) is 13.8. The average Bonchev–Trinajstić information content (AvgIpc) is 2.58. The second-order valence-electron chi connectivity index (χ2n) is 6.83. The summed E-state index contributed by atoms with van der Waals surface area (Å²) in [5.74, 6) is -0.225. The first kappa shape index (κ1) is 25.7. The number of carbonyl (C=O) groups is 1. The SMILES string of the molecule is CCOCCOCCC(=O)OP(C)(C)(CCOCC)CCOCCOC. The van der Waals surface area contributed by atoms with Crippen molar-refractivity contribution in [3.05, 3.63) is 0 Å². The molecule has 0 aromatic rings. The van der Waals surface area contributed by atoms with E-state index in [0.717, 1.165) is 6.16 Å². The zero-order valence-corrected chi connectivity index (χ0v) is 18.2. The molecule has 26 heavy (non-hydrogen) atoms. The molecule has 0 aromatic carbocycles. The molecular formula is C18H39O7P. The molecule has 0 aliphatic rings. The number of hydrogen-bond acceptors (Lipinski definition) is 7. The van der Waals surface area contributed by atoms with E-state index >= 15 is 0 Å². The monoisotopic (exact) mass is 398 g/mol. The molecule has 0 aliphatic carbocycles. The topological polar surface area (TPSA) is 72.5 Å². The first-order valence-corrected chi connectivity index (χ1v) is 12.8. The number of methoxy groups -OCH3 is 1. The summed E-state index contributed by atoms with van der Waals surface area (Å²) in [7, 11) is 1.64. The van der Waals surface area contributed by atoms with Gasteiger partial charge in [-0.1, -0.05) is 0 Å². The Morgan fingerprint density at radius 1 is 0.731 bits per heavy atom. The average molecular weight is 398 g/mol. The molecule has 0 spiro atoms. The molecule has 0 heterocycles. The van der Waals surface area contributed by atoms with Crippen molar-refractivity contribution in [2.45, 2.75) is 20.3 Å². The Morgan fingerprint density at radius 2 is 1.23 bits per heavy atom. The molecule has 0 aromatic heterocycles. The van der Waals surface area contributed by atoms with Crippen LogP contribution in [0.1, 0.15) is 20.3 Å². The van der Waals surface area contributed by atoms with Gasteiger partial charge in [0.1, 0.15) is 0 Å². The molecule has 0 fully saturated rings. The molecular weight excluding hydrogens is 359 g/mol. The molecule has 0 bridgehead atoms. The van der Waals surface area contributed by atoms with Crippen molar-refractivity contribution >= 4 is 12.8 Å². The fourth-order valence-corrected chi connectivity index (χ4v) is 4.79. The van der Waals surface area contributed by atoms with Gasteiger partial charge in [0.2, 0.25) is 0 Å². The van der Waals surface area contributed by atoms with Crippen molar-refractivity contribution in [1.29, 1.82) is 0 Å². The standard InChI is InChI=1S/C18H39O7P/c1-6-21-12-13-23-9-8-18(19)25-26(4,5,16-14-22-7-2)17-15-24-11-10-20-3/h6-17H2,1-5H3. The number of ether oxygens (including phenoxy) is 5. The van der Waals surface area contributed by atoms with Crippen LogP contribution in [0.5, 0.6) is 0 Å². The zero-order chi connectivity index (χ0) is 19.8. The van der Waals surface area contributed by atoms with E-state index in [1.54, 1.807) is 7.11 Å². The van der Waals surface area contributed by atoms with Crippen LogP contribution in [0.4, 0.5) is 0 Å². The van der Waals surface area contributed by atoms with E-state index < -0.39 is 6.83 Å². The van der Waals surface area contributed by atoms with Crippen LogP contribution in [0, 0.1) is 0 Å². The number of hydrogen-bond donors (Lipinski definition) is 0. The third-order valence-electron chi connectivity index (χ3n) is 3.94. The minimum absolute atomic E-state index is 0.225. The van der Waals surface area contributed by atoms with Gasteiger partial charge in [-0.05, 0) is 0 Å². The molecule has 158 valence electrons. The summed E-state index contributed by atoms with van der Waals surface area (Å²) in [4.78, 5) is 12.3. The summed E-state index contributed by atoms with van der Waals surface area (Å²) in [6.07, 6.45) is 1.67. The van der Waals surface area contributed by atoms with E-state index in [1.807, 2.05) is 13.8 Å². The Kier molecular flexibility index (Phi) is 14.6. The van der Waals surface area contributed by atoms with Gasteiger partial charge in [0, 0.05) is 0 Å². The number of carbonyl (C=O) groups excluding carboxylic acids is 1. The normalized spacial score (nSPS) is 13.3. The van der Waals surface area contributed by atoms with Crippen molar-refractivity contribution < 1.29 is 33.0 Å². The van der Waals surface area contributed by atoms with E-state index in [-0.39, 0.29) is 12.4 Å². The molecule has 0 saturated carbocycles. The second-order valence-corrected chi connectivity index (χ2v) is 13.0. The van der Waals surface area contributed by atoms with Gasteiger partial charge >= 0.3 is 158 Å². The number of rotatable bonds is 18. The van der Waals surface area contributed by atoms with E-state index in [4.69, 9.17) is 28.2 Å². The van der Waals surface area contributed by atoms with Gasteiger partial charge < -0.3 is 0 Å². The van der Waals surface area contributed by atoms with Crippen LogP contribution < -0.4 is 0 Å². The summed E-state index contributed by atoms with van der Waals surface area (Å²) in [6.45, 7) is 10.2. The predicted molar refractivity (Wildman–Crippen MR) is 106 cm³/mol. The van der Waals surface area contributed by atoms with Gasteiger partial charge in [0.05, 0.1) is 0 Å². The summed E-state index contributed by atoms with van der Waals surface area (Å²) in [5, 5.41) is 0. The van der Waals surface area contributed by atoms with Crippen molar-refractivity contribution in [2.75, 3.05) is 92.2 Å². The van der Waals surface area contributed by atoms with E-state index in [9.17, 15) is 4.79 Å². The predicted octanol–water partition coefficient (Wildman–Crippen LogP) is 2.40. The molecule has 0 rings (SSSR count). The quantitative estimate of drug-likeness (QED) is 0.259. The van der Waals surface area contributed by atoms with Gasteiger partial charge in [-0.2, -0.15) is 0 Å². The molecule has 0 amide bonds. The van der Waals surface area contributed by atoms with Crippen LogP contribution in [0.3, 0.4) is 0 Å². The van der Waals surface area contributed by atoms with Crippen LogP contribution in [-0.2, 0) is 33.0 Å². The first-order chi connectivity index (χ1) is 12.4. The Bertz CT molecular complexity index is 363. The van der Waals surface area contributed by atoms with Crippen molar-refractivity contribution in [3.8, 4) is 0 Å². The summed E-state index contributed by atoms with van der Waals surface area (Å²) < 4.78 is 32.7.